The SMILES string of the molecule is CN1CN(c2cccc(C3(c4cc(C(C)(C)C)cc(Oc5ccccc5)n4)c4ccccc4-c4ccccc43)c2)c2ccccc21. The van der Waals surface area contributed by atoms with Gasteiger partial charge in [0.2, 0.25) is 5.88 Å². The van der Waals surface area contributed by atoms with Crippen LogP contribution >= 0.6 is 0 Å². The van der Waals surface area contributed by atoms with E-state index in [0.29, 0.717) is 5.88 Å². The lowest BCUT2D eigenvalue weighted by Gasteiger charge is -2.35. The van der Waals surface area contributed by atoms with Crippen molar-refractivity contribution in [2.45, 2.75) is 31.6 Å². The van der Waals surface area contributed by atoms with Gasteiger partial charge in [-0.3, -0.25) is 0 Å². The summed E-state index contributed by atoms with van der Waals surface area (Å²) in [6.45, 7) is 7.55. The van der Waals surface area contributed by atoms with Crippen molar-refractivity contribution in [3.05, 3.63) is 167 Å². The summed E-state index contributed by atoms with van der Waals surface area (Å²) in [4.78, 5) is 10.1. The van der Waals surface area contributed by atoms with Crippen LogP contribution in [0.15, 0.2) is 140 Å². The van der Waals surface area contributed by atoms with Gasteiger partial charge < -0.3 is 14.5 Å². The van der Waals surface area contributed by atoms with E-state index in [-0.39, 0.29) is 5.41 Å². The van der Waals surface area contributed by atoms with Gasteiger partial charge in [0, 0.05) is 18.8 Å². The van der Waals surface area contributed by atoms with E-state index in [4.69, 9.17) is 9.72 Å². The van der Waals surface area contributed by atoms with Crippen molar-refractivity contribution >= 4 is 17.1 Å². The second kappa shape index (κ2) is 10.6. The van der Waals surface area contributed by atoms with Gasteiger partial charge in [-0.2, -0.15) is 0 Å². The number of fused-ring (bicyclic) bond motifs is 4. The van der Waals surface area contributed by atoms with Crippen LogP contribution in [0.2, 0.25) is 0 Å². The molecular weight excluding hydrogens is 562 g/mol. The number of pyridine rings is 1. The van der Waals surface area contributed by atoms with E-state index in [9.17, 15) is 0 Å². The number of hydrogen-bond acceptors (Lipinski definition) is 4. The largest absolute Gasteiger partial charge is 0.439 e. The maximum Gasteiger partial charge on any atom is 0.219 e. The Morgan fingerprint density at radius 3 is 1.98 bits per heavy atom. The third-order valence-corrected chi connectivity index (χ3v) is 9.50. The molecule has 0 saturated carbocycles. The molecule has 0 saturated heterocycles. The number of para-hydroxylation sites is 3. The zero-order chi connectivity index (χ0) is 31.5. The molecule has 0 amide bonds. The highest BCUT2D eigenvalue weighted by Crippen LogP contribution is 2.56. The molecule has 6 aromatic rings. The summed E-state index contributed by atoms with van der Waals surface area (Å²) >= 11 is 0. The predicted molar refractivity (Wildman–Crippen MR) is 189 cm³/mol. The van der Waals surface area contributed by atoms with Gasteiger partial charge in [0.1, 0.15) is 5.75 Å². The highest BCUT2D eigenvalue weighted by molar-refractivity contribution is 5.87. The molecule has 5 aromatic carbocycles. The fraction of sp³-hybridized carbons (Fsp3) is 0.167. The summed E-state index contributed by atoms with van der Waals surface area (Å²) in [5, 5.41) is 0. The number of rotatable bonds is 5. The Morgan fingerprint density at radius 2 is 1.28 bits per heavy atom. The third kappa shape index (κ3) is 4.40. The molecule has 2 aliphatic rings. The molecule has 0 spiro atoms. The summed E-state index contributed by atoms with van der Waals surface area (Å²) in [5.74, 6) is 1.37. The molecule has 4 heteroatoms. The van der Waals surface area contributed by atoms with Crippen molar-refractivity contribution in [3.63, 3.8) is 0 Å². The first kappa shape index (κ1) is 28.1. The summed E-state index contributed by atoms with van der Waals surface area (Å²) in [6.07, 6.45) is 0. The van der Waals surface area contributed by atoms with E-state index in [2.05, 4.69) is 147 Å². The minimum absolute atomic E-state index is 0.128. The normalized spacial score (nSPS) is 14.5. The van der Waals surface area contributed by atoms with Crippen molar-refractivity contribution in [1.29, 1.82) is 0 Å². The standard InChI is InChI=1S/C42H37N3O/c1-41(2,3)30-26-39(43-40(27-30)46-32-17-6-5-7-18-32)42(35-21-10-8-19-33(35)34-20-9-11-22-36(34)42)29-15-14-16-31(25-29)45-28-44(4)37-23-12-13-24-38(37)45/h5-27H,28H2,1-4H3. The van der Waals surface area contributed by atoms with Crippen LogP contribution in [-0.4, -0.2) is 18.7 Å². The molecule has 0 bridgehead atoms. The number of anilines is 3. The molecule has 1 aliphatic carbocycles. The van der Waals surface area contributed by atoms with E-state index in [1.54, 1.807) is 0 Å². The first-order chi connectivity index (χ1) is 22.3. The zero-order valence-corrected chi connectivity index (χ0v) is 26.7. The van der Waals surface area contributed by atoms with Crippen LogP contribution in [-0.2, 0) is 10.8 Å². The molecule has 1 aromatic heterocycles. The monoisotopic (exact) mass is 599 g/mol. The Hall–Kier alpha value is -5.35. The second-order valence-corrected chi connectivity index (χ2v) is 13.4. The van der Waals surface area contributed by atoms with Crippen LogP contribution in [0.25, 0.3) is 11.1 Å². The lowest BCUT2D eigenvalue weighted by atomic mass is 9.69. The molecule has 0 radical (unpaired) electrons. The maximum atomic E-state index is 6.50. The molecule has 2 heterocycles. The van der Waals surface area contributed by atoms with Gasteiger partial charge in [-0.25, -0.2) is 4.98 Å². The summed E-state index contributed by atoms with van der Waals surface area (Å²) < 4.78 is 6.50. The van der Waals surface area contributed by atoms with Crippen LogP contribution in [0.4, 0.5) is 17.1 Å². The van der Waals surface area contributed by atoms with E-state index in [1.165, 1.54) is 44.8 Å². The Labute approximate surface area is 271 Å². The molecule has 226 valence electrons. The molecule has 0 N–H and O–H groups in total. The second-order valence-electron chi connectivity index (χ2n) is 13.4. The topological polar surface area (TPSA) is 28.6 Å². The van der Waals surface area contributed by atoms with Crippen molar-refractivity contribution in [3.8, 4) is 22.8 Å². The Kier molecular flexibility index (Phi) is 6.50. The summed E-state index contributed by atoms with van der Waals surface area (Å²) in [6, 6.07) is 49.7. The van der Waals surface area contributed by atoms with Gasteiger partial charge in [-0.15, -0.1) is 0 Å². The molecule has 1 aliphatic heterocycles. The highest BCUT2D eigenvalue weighted by Gasteiger charge is 2.48. The summed E-state index contributed by atoms with van der Waals surface area (Å²) in [7, 11) is 2.16. The van der Waals surface area contributed by atoms with Gasteiger partial charge in [-0.1, -0.05) is 112 Å². The summed E-state index contributed by atoms with van der Waals surface area (Å²) in [5.41, 5.74) is 11.1. The van der Waals surface area contributed by atoms with Crippen molar-refractivity contribution in [1.82, 2.24) is 4.98 Å². The molecule has 46 heavy (non-hydrogen) atoms. The number of hydrogen-bond donors (Lipinski definition) is 0. The molecular formula is C42H37N3O. The van der Waals surface area contributed by atoms with E-state index >= 15 is 0 Å². The lowest BCUT2D eigenvalue weighted by Crippen LogP contribution is -2.31. The van der Waals surface area contributed by atoms with Crippen LogP contribution in [0.3, 0.4) is 0 Å². The van der Waals surface area contributed by atoms with E-state index in [0.717, 1.165) is 23.8 Å². The van der Waals surface area contributed by atoms with Gasteiger partial charge in [0.15, 0.2) is 0 Å². The van der Waals surface area contributed by atoms with Crippen molar-refractivity contribution in [2.75, 3.05) is 23.5 Å². The first-order valence-corrected chi connectivity index (χ1v) is 16.0. The van der Waals surface area contributed by atoms with Gasteiger partial charge in [-0.05, 0) is 81.3 Å². The average Bonchev–Trinajstić information content (AvgIpc) is 3.58. The highest BCUT2D eigenvalue weighted by atomic mass is 16.5. The average molecular weight is 600 g/mol. The van der Waals surface area contributed by atoms with Crippen LogP contribution in [0.1, 0.15) is 48.7 Å². The number of benzene rings is 5. The van der Waals surface area contributed by atoms with Crippen LogP contribution in [0.5, 0.6) is 11.6 Å². The lowest BCUT2D eigenvalue weighted by molar-refractivity contribution is 0.453. The maximum absolute atomic E-state index is 6.50. The molecule has 0 atom stereocenters. The van der Waals surface area contributed by atoms with Gasteiger partial charge in [0.05, 0.1) is 29.2 Å². The number of nitrogens with zero attached hydrogens (tertiary/aromatic N) is 3. The van der Waals surface area contributed by atoms with Crippen LogP contribution in [0, 0.1) is 0 Å². The van der Waals surface area contributed by atoms with Gasteiger partial charge >= 0.3 is 0 Å². The van der Waals surface area contributed by atoms with Crippen molar-refractivity contribution in [2.24, 2.45) is 0 Å². The fourth-order valence-corrected chi connectivity index (χ4v) is 7.27. The van der Waals surface area contributed by atoms with Gasteiger partial charge in [0.25, 0.3) is 0 Å². The van der Waals surface area contributed by atoms with Crippen LogP contribution < -0.4 is 14.5 Å². The Morgan fingerprint density at radius 1 is 0.652 bits per heavy atom. The Bertz CT molecular complexity index is 2030. The fourth-order valence-electron chi connectivity index (χ4n) is 7.27. The number of aromatic nitrogens is 1. The van der Waals surface area contributed by atoms with Crippen molar-refractivity contribution < 1.29 is 4.74 Å². The minimum Gasteiger partial charge on any atom is -0.439 e. The molecule has 0 unspecified atom stereocenters. The first-order valence-electron chi connectivity index (χ1n) is 16.0. The molecule has 0 fully saturated rings. The van der Waals surface area contributed by atoms with E-state index < -0.39 is 5.41 Å². The quantitative estimate of drug-likeness (QED) is 0.197. The third-order valence-electron chi connectivity index (χ3n) is 9.50. The molecule has 4 nitrogen and oxygen atoms in total. The molecule has 8 rings (SSSR count). The predicted octanol–water partition coefficient (Wildman–Crippen LogP) is 10.1. The Balaban J connectivity index is 1.41. The number of ether oxygens (including phenoxy) is 1. The minimum atomic E-state index is -0.662. The van der Waals surface area contributed by atoms with E-state index in [1.807, 2.05) is 30.3 Å². The smallest absolute Gasteiger partial charge is 0.219 e. The zero-order valence-electron chi connectivity index (χ0n) is 26.7.